The van der Waals surface area contributed by atoms with Crippen molar-refractivity contribution in [3.63, 3.8) is 0 Å². The first-order chi connectivity index (χ1) is 8.22. The van der Waals surface area contributed by atoms with Gasteiger partial charge in [-0.1, -0.05) is 6.92 Å². The van der Waals surface area contributed by atoms with Crippen LogP contribution in [-0.2, 0) is 4.79 Å². The first-order valence-corrected chi connectivity index (χ1v) is 6.04. The van der Waals surface area contributed by atoms with Gasteiger partial charge in [0, 0.05) is 5.38 Å². The van der Waals surface area contributed by atoms with Crippen molar-refractivity contribution in [2.45, 2.75) is 25.8 Å². The average molecular weight is 253 g/mol. The molecule has 2 rings (SSSR count). The summed E-state index contributed by atoms with van der Waals surface area (Å²) >= 11 is 1.44. The van der Waals surface area contributed by atoms with Crippen LogP contribution in [0.4, 0.5) is 0 Å². The third-order valence-electron chi connectivity index (χ3n) is 2.38. The van der Waals surface area contributed by atoms with Crippen LogP contribution in [-0.4, -0.2) is 36.3 Å². The van der Waals surface area contributed by atoms with Crippen LogP contribution in [0.15, 0.2) is 10.9 Å². The fraction of sp³-hybridized carbons (Fsp3) is 0.444. The number of aliphatic carboxylic acids is 1. The van der Waals surface area contributed by atoms with Crippen LogP contribution in [0.3, 0.4) is 0 Å². The van der Waals surface area contributed by atoms with E-state index in [0.717, 1.165) is 0 Å². The third-order valence-corrected chi connectivity index (χ3v) is 2.97. The van der Waals surface area contributed by atoms with Crippen LogP contribution in [0.25, 0.3) is 11.5 Å². The van der Waals surface area contributed by atoms with Gasteiger partial charge >= 0.3 is 5.97 Å². The zero-order chi connectivity index (χ0) is 12.3. The van der Waals surface area contributed by atoms with Crippen molar-refractivity contribution in [1.82, 2.24) is 25.2 Å². The largest absolute Gasteiger partial charge is 0.481 e. The molecule has 2 aromatic rings. The summed E-state index contributed by atoms with van der Waals surface area (Å²) in [6.07, 6.45) is 0.646. The lowest BCUT2D eigenvalue weighted by atomic mass is 10.1. The number of carboxylic acids is 1. The van der Waals surface area contributed by atoms with Gasteiger partial charge in [0.05, 0.1) is 18.0 Å². The molecule has 17 heavy (non-hydrogen) atoms. The van der Waals surface area contributed by atoms with Crippen molar-refractivity contribution < 1.29 is 9.90 Å². The molecule has 1 unspecified atom stereocenters. The van der Waals surface area contributed by atoms with Gasteiger partial charge in [0.1, 0.15) is 5.69 Å². The molecule has 1 atom stereocenters. The number of hydrogen-bond acceptors (Lipinski definition) is 6. The fourth-order valence-corrected chi connectivity index (χ4v) is 2.07. The lowest BCUT2D eigenvalue weighted by molar-refractivity contribution is -0.138. The Bertz CT molecular complexity index is 495. The highest BCUT2D eigenvalue weighted by atomic mass is 32.1. The molecular formula is C9H11N5O2S. The maximum Gasteiger partial charge on any atom is 0.305 e. The molecule has 2 aromatic heterocycles. The van der Waals surface area contributed by atoms with E-state index in [9.17, 15) is 4.79 Å². The van der Waals surface area contributed by atoms with Crippen LogP contribution < -0.4 is 0 Å². The van der Waals surface area contributed by atoms with E-state index in [0.29, 0.717) is 17.9 Å². The summed E-state index contributed by atoms with van der Waals surface area (Å²) in [4.78, 5) is 14.9. The SMILES string of the molecule is CCC(CC(=O)O)n1nnnc1-c1cscn1. The second-order valence-electron chi connectivity index (χ2n) is 3.48. The average Bonchev–Trinajstić information content (AvgIpc) is 2.94. The quantitative estimate of drug-likeness (QED) is 0.861. The van der Waals surface area contributed by atoms with Crippen molar-refractivity contribution in [3.8, 4) is 11.5 Å². The summed E-state index contributed by atoms with van der Waals surface area (Å²) in [5, 5.41) is 22.0. The number of nitrogens with zero attached hydrogens (tertiary/aromatic N) is 5. The van der Waals surface area contributed by atoms with E-state index < -0.39 is 5.97 Å². The molecule has 0 aliphatic rings. The second kappa shape index (κ2) is 5.00. The standard InChI is InChI=1S/C9H11N5O2S/c1-2-6(3-8(15)16)14-9(11-12-13-14)7-4-17-5-10-7/h4-6H,2-3H2,1H3,(H,15,16). The predicted molar refractivity (Wildman–Crippen MR) is 60.5 cm³/mol. The zero-order valence-electron chi connectivity index (χ0n) is 9.15. The van der Waals surface area contributed by atoms with Crippen LogP contribution in [0.5, 0.6) is 0 Å². The van der Waals surface area contributed by atoms with E-state index in [1.807, 2.05) is 12.3 Å². The molecule has 7 nitrogen and oxygen atoms in total. The Kier molecular flexibility index (Phi) is 3.43. The monoisotopic (exact) mass is 253 g/mol. The van der Waals surface area contributed by atoms with Crippen LogP contribution in [0, 0.1) is 0 Å². The Labute approximate surface area is 101 Å². The van der Waals surface area contributed by atoms with Crippen molar-refractivity contribution in [1.29, 1.82) is 0 Å². The number of rotatable bonds is 5. The molecule has 0 saturated carbocycles. The molecule has 0 saturated heterocycles. The molecule has 1 N–H and O–H groups in total. The van der Waals surface area contributed by atoms with Crippen molar-refractivity contribution >= 4 is 17.3 Å². The number of carbonyl (C=O) groups is 1. The van der Waals surface area contributed by atoms with E-state index in [4.69, 9.17) is 5.11 Å². The minimum atomic E-state index is -0.864. The molecule has 0 radical (unpaired) electrons. The molecule has 0 spiro atoms. The Balaban J connectivity index is 2.32. The van der Waals surface area contributed by atoms with Crippen molar-refractivity contribution in [2.75, 3.05) is 0 Å². The van der Waals surface area contributed by atoms with E-state index in [1.54, 1.807) is 5.51 Å². The van der Waals surface area contributed by atoms with Crippen LogP contribution >= 0.6 is 11.3 Å². The number of tetrazole rings is 1. The minimum absolute atomic E-state index is 0.00131. The molecule has 8 heteroatoms. The molecule has 0 fully saturated rings. The lowest BCUT2D eigenvalue weighted by Crippen LogP contribution is -2.15. The van der Waals surface area contributed by atoms with E-state index in [2.05, 4.69) is 20.5 Å². The van der Waals surface area contributed by atoms with Crippen molar-refractivity contribution in [2.24, 2.45) is 0 Å². The number of aromatic nitrogens is 5. The van der Waals surface area contributed by atoms with Crippen LogP contribution in [0.2, 0.25) is 0 Å². The summed E-state index contributed by atoms with van der Waals surface area (Å²) in [5.74, 6) is -0.351. The molecule has 0 bridgehead atoms. The predicted octanol–water partition coefficient (Wildman–Crippen LogP) is 1.22. The van der Waals surface area contributed by atoms with Gasteiger partial charge in [-0.15, -0.1) is 16.4 Å². The Morgan fingerprint density at radius 3 is 3.06 bits per heavy atom. The molecule has 0 amide bonds. The van der Waals surface area contributed by atoms with Gasteiger partial charge in [0.2, 0.25) is 5.82 Å². The Hall–Kier alpha value is -1.83. The number of carboxylic acid groups (broad SMARTS) is 1. The van der Waals surface area contributed by atoms with Gasteiger partial charge in [-0.3, -0.25) is 4.79 Å². The first-order valence-electron chi connectivity index (χ1n) is 5.10. The summed E-state index contributed by atoms with van der Waals surface area (Å²) in [6.45, 7) is 1.90. The molecule has 90 valence electrons. The van der Waals surface area contributed by atoms with Gasteiger partial charge in [0.15, 0.2) is 0 Å². The van der Waals surface area contributed by atoms with Gasteiger partial charge < -0.3 is 5.11 Å². The second-order valence-corrected chi connectivity index (χ2v) is 4.20. The summed E-state index contributed by atoms with van der Waals surface area (Å²) in [6, 6.07) is -0.251. The van der Waals surface area contributed by atoms with E-state index in [-0.39, 0.29) is 12.5 Å². The summed E-state index contributed by atoms with van der Waals surface area (Å²) < 4.78 is 1.53. The highest BCUT2D eigenvalue weighted by Crippen LogP contribution is 2.22. The Morgan fingerprint density at radius 2 is 2.47 bits per heavy atom. The number of hydrogen-bond donors (Lipinski definition) is 1. The highest BCUT2D eigenvalue weighted by Gasteiger charge is 2.20. The topological polar surface area (TPSA) is 93.8 Å². The lowest BCUT2D eigenvalue weighted by Gasteiger charge is -2.13. The van der Waals surface area contributed by atoms with Crippen LogP contribution in [0.1, 0.15) is 25.8 Å². The van der Waals surface area contributed by atoms with Gasteiger partial charge in [0.25, 0.3) is 0 Å². The minimum Gasteiger partial charge on any atom is -0.481 e. The zero-order valence-corrected chi connectivity index (χ0v) is 9.96. The maximum absolute atomic E-state index is 10.8. The maximum atomic E-state index is 10.8. The number of thiazole rings is 1. The summed E-state index contributed by atoms with van der Waals surface area (Å²) in [5.41, 5.74) is 2.36. The molecule has 0 aromatic carbocycles. The van der Waals surface area contributed by atoms with Crippen molar-refractivity contribution in [3.05, 3.63) is 10.9 Å². The smallest absolute Gasteiger partial charge is 0.305 e. The first kappa shape index (κ1) is 11.6. The van der Waals surface area contributed by atoms with E-state index in [1.165, 1.54) is 16.0 Å². The summed E-state index contributed by atoms with van der Waals surface area (Å²) in [7, 11) is 0. The molecular weight excluding hydrogens is 242 g/mol. The molecule has 0 aliphatic carbocycles. The van der Waals surface area contributed by atoms with Gasteiger partial charge in [-0.25, -0.2) is 9.67 Å². The van der Waals surface area contributed by atoms with E-state index >= 15 is 0 Å². The van der Waals surface area contributed by atoms with Gasteiger partial charge in [-0.2, -0.15) is 0 Å². The Morgan fingerprint density at radius 1 is 1.65 bits per heavy atom. The molecule has 2 heterocycles. The third kappa shape index (κ3) is 2.47. The molecule has 0 aliphatic heterocycles. The normalized spacial score (nSPS) is 12.5. The van der Waals surface area contributed by atoms with Gasteiger partial charge in [-0.05, 0) is 16.8 Å². The fourth-order valence-electron chi connectivity index (χ4n) is 1.54. The highest BCUT2D eigenvalue weighted by molar-refractivity contribution is 7.07.